The van der Waals surface area contributed by atoms with Gasteiger partial charge in [-0.2, -0.15) is 0 Å². The maximum Gasteiger partial charge on any atom is 0.338 e. The van der Waals surface area contributed by atoms with Gasteiger partial charge in [-0.05, 0) is 37.6 Å². The molecule has 2 aromatic rings. The number of urea groups is 1. The number of ether oxygens (including phenoxy) is 1. The molecule has 1 N–H and O–H groups in total. The topological polar surface area (TPSA) is 82.2 Å². The van der Waals surface area contributed by atoms with E-state index in [2.05, 4.69) is 10.2 Å². The van der Waals surface area contributed by atoms with Crippen LogP contribution in [0, 0.1) is 0 Å². The van der Waals surface area contributed by atoms with Crippen LogP contribution in [0.5, 0.6) is 0 Å². The summed E-state index contributed by atoms with van der Waals surface area (Å²) in [5.41, 5.74) is 1.99. The van der Waals surface area contributed by atoms with E-state index >= 15 is 0 Å². The summed E-state index contributed by atoms with van der Waals surface area (Å²) in [5, 5.41) is 3.76. The van der Waals surface area contributed by atoms with Gasteiger partial charge in [0.2, 0.25) is 0 Å². The number of halogens is 2. The molecule has 2 aromatic carbocycles. The van der Waals surface area contributed by atoms with E-state index in [0.29, 0.717) is 58.6 Å². The first-order valence-electron chi connectivity index (χ1n) is 12.2. The summed E-state index contributed by atoms with van der Waals surface area (Å²) >= 11 is 12.7. The second kappa shape index (κ2) is 11.5. The van der Waals surface area contributed by atoms with E-state index in [1.165, 1.54) is 4.90 Å². The smallest absolute Gasteiger partial charge is 0.338 e. The molecule has 0 bridgehead atoms. The molecule has 4 rings (SSSR count). The number of hydrogen-bond donors (Lipinski definition) is 1. The highest BCUT2D eigenvalue weighted by molar-refractivity contribution is 6.33. The van der Waals surface area contributed by atoms with Crippen molar-refractivity contribution >= 4 is 41.1 Å². The van der Waals surface area contributed by atoms with Crippen LogP contribution in [0.3, 0.4) is 0 Å². The Hall–Kier alpha value is -3.07. The summed E-state index contributed by atoms with van der Waals surface area (Å²) in [6.45, 7) is 5.85. The van der Waals surface area contributed by atoms with Crippen molar-refractivity contribution in [3.8, 4) is 0 Å². The SMILES string of the molecule is CCOC(=O)C1=C(CN2CCN(C(=O)c3ccccc3Cl)[C@H](C)C2)N(C)C(=O)N[C@H]1c1ccccc1Cl. The largest absolute Gasteiger partial charge is 0.463 e. The average Bonchev–Trinajstić information content (AvgIpc) is 2.87. The molecule has 2 heterocycles. The van der Waals surface area contributed by atoms with Crippen molar-refractivity contribution < 1.29 is 19.1 Å². The Bertz CT molecular complexity index is 1230. The third-order valence-electron chi connectivity index (χ3n) is 6.74. The zero-order chi connectivity index (χ0) is 26.7. The predicted octanol–water partition coefficient (Wildman–Crippen LogP) is 4.35. The van der Waals surface area contributed by atoms with Crippen LogP contribution < -0.4 is 5.32 Å². The van der Waals surface area contributed by atoms with Crippen LogP contribution in [0.15, 0.2) is 59.8 Å². The molecule has 0 unspecified atom stereocenters. The number of nitrogens with zero attached hydrogens (tertiary/aromatic N) is 3. The number of amides is 3. The van der Waals surface area contributed by atoms with E-state index in [-0.39, 0.29) is 24.6 Å². The van der Waals surface area contributed by atoms with Crippen molar-refractivity contribution in [1.29, 1.82) is 0 Å². The Morgan fingerprint density at radius 1 is 1.05 bits per heavy atom. The summed E-state index contributed by atoms with van der Waals surface area (Å²) in [5.74, 6) is -0.619. The summed E-state index contributed by atoms with van der Waals surface area (Å²) in [6, 6.07) is 12.9. The number of esters is 1. The monoisotopic (exact) mass is 544 g/mol. The Morgan fingerprint density at radius 3 is 2.38 bits per heavy atom. The quantitative estimate of drug-likeness (QED) is 0.546. The molecule has 0 aliphatic carbocycles. The van der Waals surface area contributed by atoms with Gasteiger partial charge in [0.05, 0.1) is 28.8 Å². The van der Waals surface area contributed by atoms with E-state index in [1.54, 1.807) is 56.4 Å². The highest BCUT2D eigenvalue weighted by Crippen LogP contribution is 2.35. The molecule has 10 heteroatoms. The van der Waals surface area contributed by atoms with Crippen LogP contribution in [-0.2, 0) is 9.53 Å². The Labute approximate surface area is 226 Å². The van der Waals surface area contributed by atoms with E-state index in [4.69, 9.17) is 27.9 Å². The van der Waals surface area contributed by atoms with Gasteiger partial charge >= 0.3 is 12.0 Å². The summed E-state index contributed by atoms with van der Waals surface area (Å²) < 4.78 is 5.40. The van der Waals surface area contributed by atoms with Gasteiger partial charge in [0, 0.05) is 50.0 Å². The lowest BCUT2D eigenvalue weighted by molar-refractivity contribution is -0.139. The molecular formula is C27H30Cl2N4O4. The van der Waals surface area contributed by atoms with Gasteiger partial charge in [-0.15, -0.1) is 0 Å². The molecule has 2 aliphatic rings. The third kappa shape index (κ3) is 5.61. The van der Waals surface area contributed by atoms with Gasteiger partial charge in [-0.25, -0.2) is 9.59 Å². The van der Waals surface area contributed by atoms with Crippen molar-refractivity contribution in [2.45, 2.75) is 25.9 Å². The molecule has 37 heavy (non-hydrogen) atoms. The lowest BCUT2D eigenvalue weighted by Crippen LogP contribution is -2.56. The van der Waals surface area contributed by atoms with E-state index in [0.717, 1.165) is 0 Å². The Morgan fingerprint density at radius 2 is 1.73 bits per heavy atom. The number of carbonyl (C=O) groups excluding carboxylic acids is 3. The zero-order valence-electron chi connectivity index (χ0n) is 21.0. The van der Waals surface area contributed by atoms with Crippen molar-refractivity contribution in [2.75, 3.05) is 39.8 Å². The maximum absolute atomic E-state index is 13.2. The second-order valence-corrected chi connectivity index (χ2v) is 9.92. The van der Waals surface area contributed by atoms with Gasteiger partial charge in [-0.3, -0.25) is 14.6 Å². The predicted molar refractivity (Wildman–Crippen MR) is 143 cm³/mol. The highest BCUT2D eigenvalue weighted by atomic mass is 35.5. The van der Waals surface area contributed by atoms with Crippen LogP contribution in [-0.4, -0.2) is 78.5 Å². The molecule has 0 aromatic heterocycles. The fraction of sp³-hybridized carbons (Fsp3) is 0.370. The van der Waals surface area contributed by atoms with E-state index < -0.39 is 12.0 Å². The van der Waals surface area contributed by atoms with Crippen molar-refractivity contribution in [3.63, 3.8) is 0 Å². The van der Waals surface area contributed by atoms with Crippen molar-refractivity contribution in [2.24, 2.45) is 0 Å². The second-order valence-electron chi connectivity index (χ2n) is 9.11. The molecule has 8 nitrogen and oxygen atoms in total. The number of hydrogen-bond acceptors (Lipinski definition) is 5. The summed E-state index contributed by atoms with van der Waals surface area (Å²) in [4.78, 5) is 44.7. The normalized spacial score (nSPS) is 20.6. The number of piperazine rings is 1. The third-order valence-corrected chi connectivity index (χ3v) is 7.41. The Balaban J connectivity index is 1.62. The minimum absolute atomic E-state index is 0.105. The molecule has 1 saturated heterocycles. The van der Waals surface area contributed by atoms with Crippen LogP contribution in [0.2, 0.25) is 10.0 Å². The maximum atomic E-state index is 13.2. The van der Waals surface area contributed by atoms with Gasteiger partial charge in [0.1, 0.15) is 0 Å². The van der Waals surface area contributed by atoms with Gasteiger partial charge in [0.15, 0.2) is 0 Å². The van der Waals surface area contributed by atoms with Crippen LogP contribution >= 0.6 is 23.2 Å². The minimum Gasteiger partial charge on any atom is -0.463 e. The molecule has 0 radical (unpaired) electrons. The molecule has 2 atom stereocenters. The van der Waals surface area contributed by atoms with Crippen molar-refractivity contribution in [3.05, 3.63) is 81.0 Å². The summed E-state index contributed by atoms with van der Waals surface area (Å²) in [7, 11) is 1.63. The van der Waals surface area contributed by atoms with Gasteiger partial charge in [0.25, 0.3) is 5.91 Å². The van der Waals surface area contributed by atoms with Crippen molar-refractivity contribution in [1.82, 2.24) is 20.0 Å². The number of carbonyl (C=O) groups is 3. The van der Waals surface area contributed by atoms with Gasteiger partial charge < -0.3 is 15.0 Å². The molecule has 0 saturated carbocycles. The summed E-state index contributed by atoms with van der Waals surface area (Å²) in [6.07, 6.45) is 0. The first-order valence-corrected chi connectivity index (χ1v) is 12.9. The van der Waals surface area contributed by atoms with Crippen LogP contribution in [0.4, 0.5) is 4.79 Å². The molecule has 1 fully saturated rings. The first kappa shape index (κ1) is 27.0. The molecule has 2 aliphatic heterocycles. The Kier molecular flexibility index (Phi) is 8.42. The van der Waals surface area contributed by atoms with E-state index in [1.807, 2.05) is 17.9 Å². The molecule has 196 valence electrons. The fourth-order valence-electron chi connectivity index (χ4n) is 4.82. The van der Waals surface area contributed by atoms with Crippen LogP contribution in [0.25, 0.3) is 0 Å². The standard InChI is InChI=1S/C27H30Cl2N4O4/c1-4-37-26(35)23-22(31(3)27(36)30-24(23)18-9-5-7-11-20(18)28)16-32-13-14-33(17(2)15-32)25(34)19-10-6-8-12-21(19)29/h5-12,17,24H,4,13-16H2,1-3H3,(H,30,36)/t17-,24+/m1/s1. The fourth-order valence-corrected chi connectivity index (χ4v) is 5.28. The van der Waals surface area contributed by atoms with E-state index in [9.17, 15) is 14.4 Å². The van der Waals surface area contributed by atoms with Gasteiger partial charge in [-0.1, -0.05) is 53.5 Å². The lowest BCUT2D eigenvalue weighted by atomic mass is 9.94. The highest BCUT2D eigenvalue weighted by Gasteiger charge is 2.39. The number of likely N-dealkylation sites (N-methyl/N-ethyl adjacent to an activating group) is 1. The molecule has 0 spiro atoms. The van der Waals surface area contributed by atoms with Crippen LogP contribution in [0.1, 0.15) is 35.8 Å². The zero-order valence-corrected chi connectivity index (χ0v) is 22.6. The number of rotatable bonds is 6. The number of benzene rings is 2. The number of nitrogens with one attached hydrogen (secondary N) is 1. The molecule has 3 amide bonds. The lowest BCUT2D eigenvalue weighted by Gasteiger charge is -2.42. The average molecular weight is 545 g/mol. The molecular weight excluding hydrogens is 515 g/mol. The minimum atomic E-state index is -0.744. The first-order chi connectivity index (χ1) is 17.7.